The zero-order chi connectivity index (χ0) is 17.8. The van der Waals surface area contributed by atoms with Crippen LogP contribution in [0.25, 0.3) is 0 Å². The van der Waals surface area contributed by atoms with Crippen molar-refractivity contribution < 1.29 is 4.79 Å². The first-order valence-corrected chi connectivity index (χ1v) is 8.91. The van der Waals surface area contributed by atoms with Gasteiger partial charge in [0, 0.05) is 38.4 Å². The van der Waals surface area contributed by atoms with Gasteiger partial charge in [0.1, 0.15) is 0 Å². The molecule has 134 valence electrons. The van der Waals surface area contributed by atoms with Crippen molar-refractivity contribution in [2.75, 3.05) is 20.6 Å². The number of aryl methyl sites for hydroxylation is 2. The Kier molecular flexibility index (Phi) is 5.48. The molecular formula is C19H27N5O. The van der Waals surface area contributed by atoms with Crippen molar-refractivity contribution in [3.63, 3.8) is 0 Å². The van der Waals surface area contributed by atoms with E-state index in [1.165, 1.54) is 0 Å². The third-order valence-corrected chi connectivity index (χ3v) is 4.74. The monoisotopic (exact) mass is 341 g/mol. The van der Waals surface area contributed by atoms with Crippen LogP contribution in [0.15, 0.2) is 30.5 Å². The SMILES string of the molecule is CN(C)Cc1cccc(C2CCCN2C(=O)CCc2ccnn2C)n1. The first-order valence-electron chi connectivity index (χ1n) is 8.91. The summed E-state index contributed by atoms with van der Waals surface area (Å²) < 4.78 is 1.83. The maximum Gasteiger partial charge on any atom is 0.223 e. The summed E-state index contributed by atoms with van der Waals surface area (Å²) >= 11 is 0. The largest absolute Gasteiger partial charge is 0.334 e. The van der Waals surface area contributed by atoms with E-state index in [2.05, 4.69) is 22.1 Å². The van der Waals surface area contributed by atoms with Crippen LogP contribution in [0, 0.1) is 0 Å². The molecule has 1 unspecified atom stereocenters. The number of carbonyl (C=O) groups is 1. The summed E-state index contributed by atoms with van der Waals surface area (Å²) in [5.74, 6) is 0.212. The predicted octanol–water partition coefficient (Wildman–Crippen LogP) is 2.17. The fourth-order valence-electron chi connectivity index (χ4n) is 3.49. The molecule has 1 aliphatic rings. The number of likely N-dealkylation sites (tertiary alicyclic amines) is 1. The Labute approximate surface area is 149 Å². The van der Waals surface area contributed by atoms with Gasteiger partial charge in [-0.2, -0.15) is 5.10 Å². The minimum atomic E-state index is 0.112. The van der Waals surface area contributed by atoms with Gasteiger partial charge in [-0.15, -0.1) is 0 Å². The second-order valence-electron chi connectivity index (χ2n) is 6.98. The van der Waals surface area contributed by atoms with Crippen LogP contribution in [-0.4, -0.2) is 51.1 Å². The molecule has 1 aliphatic heterocycles. The molecule has 0 radical (unpaired) electrons. The maximum absolute atomic E-state index is 12.8. The van der Waals surface area contributed by atoms with Gasteiger partial charge in [-0.1, -0.05) is 6.07 Å². The Morgan fingerprint density at radius 2 is 2.16 bits per heavy atom. The van der Waals surface area contributed by atoms with Gasteiger partial charge in [0.25, 0.3) is 0 Å². The smallest absolute Gasteiger partial charge is 0.223 e. The highest BCUT2D eigenvalue weighted by atomic mass is 16.2. The lowest BCUT2D eigenvalue weighted by atomic mass is 10.1. The Hall–Kier alpha value is -2.21. The third kappa shape index (κ3) is 4.25. The molecule has 1 atom stereocenters. The summed E-state index contributed by atoms with van der Waals surface area (Å²) in [5.41, 5.74) is 3.16. The molecule has 6 heteroatoms. The van der Waals surface area contributed by atoms with E-state index >= 15 is 0 Å². The average molecular weight is 341 g/mol. The maximum atomic E-state index is 12.8. The quantitative estimate of drug-likeness (QED) is 0.808. The fraction of sp³-hybridized carbons (Fsp3) is 0.526. The molecule has 1 fully saturated rings. The molecule has 0 aliphatic carbocycles. The summed E-state index contributed by atoms with van der Waals surface area (Å²) in [6.45, 7) is 1.64. The summed E-state index contributed by atoms with van der Waals surface area (Å²) in [6, 6.07) is 8.24. The second kappa shape index (κ2) is 7.78. The number of rotatable bonds is 6. The Balaban J connectivity index is 1.67. The van der Waals surface area contributed by atoms with E-state index in [1.54, 1.807) is 6.20 Å². The van der Waals surface area contributed by atoms with Gasteiger partial charge in [-0.25, -0.2) is 0 Å². The number of hydrogen-bond acceptors (Lipinski definition) is 4. The second-order valence-corrected chi connectivity index (χ2v) is 6.98. The zero-order valence-electron chi connectivity index (χ0n) is 15.4. The van der Waals surface area contributed by atoms with Crippen LogP contribution in [0.2, 0.25) is 0 Å². The minimum absolute atomic E-state index is 0.112. The molecule has 0 N–H and O–H groups in total. The third-order valence-electron chi connectivity index (χ3n) is 4.74. The van der Waals surface area contributed by atoms with Crippen molar-refractivity contribution in [1.29, 1.82) is 0 Å². The summed E-state index contributed by atoms with van der Waals surface area (Å²) in [6.07, 6.45) is 5.07. The lowest BCUT2D eigenvalue weighted by Gasteiger charge is -2.25. The minimum Gasteiger partial charge on any atom is -0.334 e. The van der Waals surface area contributed by atoms with Crippen molar-refractivity contribution in [3.05, 3.63) is 47.5 Å². The molecule has 1 saturated heterocycles. The van der Waals surface area contributed by atoms with E-state index in [9.17, 15) is 4.79 Å². The summed E-state index contributed by atoms with van der Waals surface area (Å²) in [5, 5.41) is 4.17. The van der Waals surface area contributed by atoms with E-state index in [0.717, 1.165) is 49.4 Å². The number of pyridine rings is 1. The molecular weight excluding hydrogens is 314 g/mol. The van der Waals surface area contributed by atoms with Crippen LogP contribution in [0.3, 0.4) is 0 Å². The van der Waals surface area contributed by atoms with Crippen LogP contribution in [-0.2, 0) is 24.8 Å². The number of carbonyl (C=O) groups excluding carboxylic acids is 1. The normalized spacial score (nSPS) is 17.4. The van der Waals surface area contributed by atoms with Crippen LogP contribution < -0.4 is 0 Å². The number of nitrogens with zero attached hydrogens (tertiary/aromatic N) is 5. The van der Waals surface area contributed by atoms with Crippen LogP contribution >= 0.6 is 0 Å². The van der Waals surface area contributed by atoms with Crippen molar-refractivity contribution in [2.24, 2.45) is 7.05 Å². The van der Waals surface area contributed by atoms with Crippen LogP contribution in [0.1, 0.15) is 42.4 Å². The van der Waals surface area contributed by atoms with E-state index in [1.807, 2.05) is 42.9 Å². The lowest BCUT2D eigenvalue weighted by molar-refractivity contribution is -0.132. The molecule has 25 heavy (non-hydrogen) atoms. The molecule has 0 saturated carbocycles. The van der Waals surface area contributed by atoms with Crippen molar-refractivity contribution in [3.8, 4) is 0 Å². The molecule has 0 aromatic carbocycles. The van der Waals surface area contributed by atoms with Gasteiger partial charge in [0.05, 0.1) is 17.4 Å². The lowest BCUT2D eigenvalue weighted by Crippen LogP contribution is -2.31. The summed E-state index contributed by atoms with van der Waals surface area (Å²) in [7, 11) is 6.00. The van der Waals surface area contributed by atoms with Crippen LogP contribution in [0.4, 0.5) is 0 Å². The van der Waals surface area contributed by atoms with Gasteiger partial charge < -0.3 is 9.80 Å². The topological polar surface area (TPSA) is 54.3 Å². The molecule has 2 aromatic rings. The fourth-order valence-corrected chi connectivity index (χ4v) is 3.49. The van der Waals surface area contributed by atoms with Crippen LogP contribution in [0.5, 0.6) is 0 Å². The molecule has 0 bridgehead atoms. The van der Waals surface area contributed by atoms with Crippen molar-refractivity contribution in [2.45, 2.75) is 38.3 Å². The van der Waals surface area contributed by atoms with Crippen molar-refractivity contribution in [1.82, 2.24) is 24.6 Å². The van der Waals surface area contributed by atoms with Gasteiger partial charge in [-0.3, -0.25) is 14.5 Å². The van der Waals surface area contributed by atoms with Gasteiger partial charge in [-0.05, 0) is 51.6 Å². The van der Waals surface area contributed by atoms with Gasteiger partial charge in [0.2, 0.25) is 5.91 Å². The van der Waals surface area contributed by atoms with Gasteiger partial charge in [0.15, 0.2) is 0 Å². The number of aromatic nitrogens is 3. The highest BCUT2D eigenvalue weighted by Gasteiger charge is 2.30. The first kappa shape index (κ1) is 17.6. The molecule has 0 spiro atoms. The van der Waals surface area contributed by atoms with E-state index < -0.39 is 0 Å². The Morgan fingerprint density at radius 1 is 1.32 bits per heavy atom. The molecule has 3 heterocycles. The average Bonchev–Trinajstić information content (AvgIpc) is 3.21. The molecule has 6 nitrogen and oxygen atoms in total. The highest BCUT2D eigenvalue weighted by Crippen LogP contribution is 2.31. The standard InChI is InChI=1S/C19H27N5O/c1-22(2)14-15-6-4-7-17(21-15)18-8-5-13-24(18)19(25)10-9-16-11-12-20-23(16)3/h4,6-7,11-12,18H,5,8-10,13-14H2,1-3H3. The van der Waals surface area contributed by atoms with Crippen molar-refractivity contribution >= 4 is 5.91 Å². The van der Waals surface area contributed by atoms with Gasteiger partial charge >= 0.3 is 0 Å². The molecule has 2 aromatic heterocycles. The molecule has 3 rings (SSSR count). The number of hydrogen-bond donors (Lipinski definition) is 0. The first-order chi connectivity index (χ1) is 12.0. The van der Waals surface area contributed by atoms with E-state index in [0.29, 0.717) is 6.42 Å². The highest BCUT2D eigenvalue weighted by molar-refractivity contribution is 5.77. The Morgan fingerprint density at radius 3 is 2.88 bits per heavy atom. The number of amides is 1. The van der Waals surface area contributed by atoms with E-state index in [-0.39, 0.29) is 11.9 Å². The summed E-state index contributed by atoms with van der Waals surface area (Å²) in [4.78, 5) is 21.7. The molecule has 1 amide bonds. The van der Waals surface area contributed by atoms with E-state index in [4.69, 9.17) is 4.98 Å². The predicted molar refractivity (Wildman–Crippen MR) is 96.8 cm³/mol. The Bertz CT molecular complexity index is 724. The zero-order valence-corrected chi connectivity index (χ0v) is 15.4.